The van der Waals surface area contributed by atoms with Crippen LogP contribution in [0.3, 0.4) is 0 Å². The molecule has 25 heavy (non-hydrogen) atoms. The minimum absolute atomic E-state index is 0.297. The van der Waals surface area contributed by atoms with Gasteiger partial charge in [-0.05, 0) is 52.6 Å². The molecule has 0 N–H and O–H groups in total. The molecule has 0 amide bonds. The van der Waals surface area contributed by atoms with Gasteiger partial charge in [-0.3, -0.25) is 4.90 Å². The lowest BCUT2D eigenvalue weighted by molar-refractivity contribution is 0.213. The first kappa shape index (κ1) is 18.8. The molecule has 142 valence electrons. The van der Waals surface area contributed by atoms with Gasteiger partial charge in [0, 0.05) is 26.1 Å². The monoisotopic (exact) mass is 369 g/mol. The Morgan fingerprint density at radius 1 is 1.04 bits per heavy atom. The first-order chi connectivity index (χ1) is 11.9. The van der Waals surface area contributed by atoms with Crippen molar-refractivity contribution in [1.29, 1.82) is 0 Å². The fourth-order valence-corrected chi connectivity index (χ4v) is 5.17. The molecule has 2 fully saturated rings. The van der Waals surface area contributed by atoms with E-state index in [0.717, 1.165) is 44.1 Å². The van der Waals surface area contributed by atoms with Crippen molar-refractivity contribution in [2.75, 3.05) is 26.2 Å². The molecule has 0 saturated carbocycles. The smallest absolute Gasteiger partial charge is 0.216 e. The van der Waals surface area contributed by atoms with Gasteiger partial charge in [0.15, 0.2) is 0 Å². The summed E-state index contributed by atoms with van der Waals surface area (Å²) in [5.41, 5.74) is 0. The number of aromatic nitrogens is 3. The molecule has 1 aromatic heterocycles. The maximum Gasteiger partial charge on any atom is 0.216 e. The maximum atomic E-state index is 12.3. The minimum Gasteiger partial charge on any atom is -0.317 e. The van der Waals surface area contributed by atoms with Crippen molar-refractivity contribution in [2.45, 2.75) is 63.7 Å². The van der Waals surface area contributed by atoms with Crippen molar-refractivity contribution < 1.29 is 8.42 Å². The van der Waals surface area contributed by atoms with Crippen molar-refractivity contribution >= 4 is 10.0 Å². The summed E-state index contributed by atoms with van der Waals surface area (Å²) in [6, 6.07) is 0. The minimum atomic E-state index is -3.15. The third-order valence-electron chi connectivity index (χ3n) is 5.59. The summed E-state index contributed by atoms with van der Waals surface area (Å²) < 4.78 is 28.4. The Morgan fingerprint density at radius 3 is 2.28 bits per heavy atom. The molecular weight excluding hydrogens is 338 g/mol. The Morgan fingerprint density at radius 2 is 1.68 bits per heavy atom. The number of rotatable bonds is 5. The van der Waals surface area contributed by atoms with Crippen molar-refractivity contribution in [1.82, 2.24) is 24.0 Å². The maximum absolute atomic E-state index is 12.3. The van der Waals surface area contributed by atoms with Crippen LogP contribution in [0.15, 0.2) is 0 Å². The molecule has 2 aliphatic rings. The van der Waals surface area contributed by atoms with Crippen LogP contribution in [0.4, 0.5) is 0 Å². The van der Waals surface area contributed by atoms with Crippen molar-refractivity contribution in [3.8, 4) is 0 Å². The number of hydrogen-bond donors (Lipinski definition) is 0. The van der Waals surface area contributed by atoms with Gasteiger partial charge in [0.2, 0.25) is 10.0 Å². The molecule has 3 heterocycles. The molecule has 0 atom stereocenters. The van der Waals surface area contributed by atoms with E-state index >= 15 is 0 Å². The molecule has 8 heteroatoms. The van der Waals surface area contributed by atoms with Gasteiger partial charge in [-0.2, -0.15) is 0 Å². The molecule has 2 saturated heterocycles. The molecule has 7 nitrogen and oxygen atoms in total. The second-order valence-corrected chi connectivity index (χ2v) is 10.1. The highest BCUT2D eigenvalue weighted by molar-refractivity contribution is 7.89. The third kappa shape index (κ3) is 4.06. The molecule has 3 rings (SSSR count). The summed E-state index contributed by atoms with van der Waals surface area (Å²) in [4.78, 5) is 2.45. The molecule has 0 aliphatic carbocycles. The molecular formula is C17H31N5O2S. The summed E-state index contributed by atoms with van der Waals surface area (Å²) in [5.74, 6) is 2.33. The van der Waals surface area contributed by atoms with Crippen LogP contribution >= 0.6 is 0 Å². The topological polar surface area (TPSA) is 71.3 Å². The van der Waals surface area contributed by atoms with Crippen molar-refractivity contribution in [2.24, 2.45) is 7.05 Å². The lowest BCUT2D eigenvalue weighted by Crippen LogP contribution is -2.41. The van der Waals surface area contributed by atoms with E-state index in [9.17, 15) is 8.42 Å². The Hall–Kier alpha value is -0.990. The van der Waals surface area contributed by atoms with E-state index < -0.39 is 10.0 Å². The first-order valence-corrected chi connectivity index (χ1v) is 11.0. The number of piperidine rings is 2. The van der Waals surface area contributed by atoms with Gasteiger partial charge < -0.3 is 4.57 Å². The van der Waals surface area contributed by atoms with Crippen LogP contribution in [0.25, 0.3) is 0 Å². The van der Waals surface area contributed by atoms with Gasteiger partial charge in [-0.1, -0.05) is 6.42 Å². The number of hydrogen-bond acceptors (Lipinski definition) is 5. The summed E-state index contributed by atoms with van der Waals surface area (Å²) in [5, 5.41) is 8.51. The molecule has 0 radical (unpaired) electrons. The van der Waals surface area contributed by atoms with E-state index in [-0.39, 0.29) is 5.25 Å². The summed E-state index contributed by atoms with van der Waals surface area (Å²) in [7, 11) is -1.10. The number of nitrogens with zero attached hydrogens (tertiary/aromatic N) is 5. The highest BCUT2D eigenvalue weighted by Crippen LogP contribution is 2.29. The van der Waals surface area contributed by atoms with Gasteiger partial charge in [0.1, 0.15) is 11.6 Å². The molecule has 0 aromatic carbocycles. The van der Waals surface area contributed by atoms with Crippen LogP contribution < -0.4 is 0 Å². The predicted octanol–water partition coefficient (Wildman–Crippen LogP) is 1.72. The Labute approximate surface area is 151 Å². The largest absolute Gasteiger partial charge is 0.317 e. The van der Waals surface area contributed by atoms with Crippen LogP contribution in [0.5, 0.6) is 0 Å². The average Bonchev–Trinajstić information content (AvgIpc) is 2.96. The summed E-state index contributed by atoms with van der Waals surface area (Å²) >= 11 is 0. The zero-order valence-corrected chi connectivity index (χ0v) is 16.5. The zero-order chi connectivity index (χ0) is 18.0. The van der Waals surface area contributed by atoms with E-state index in [1.165, 1.54) is 19.3 Å². The van der Waals surface area contributed by atoms with Gasteiger partial charge in [0.05, 0.1) is 11.8 Å². The molecule has 2 aliphatic heterocycles. The van der Waals surface area contributed by atoms with Gasteiger partial charge >= 0.3 is 0 Å². The van der Waals surface area contributed by atoms with E-state index in [1.807, 2.05) is 7.05 Å². The van der Waals surface area contributed by atoms with E-state index in [1.54, 1.807) is 18.2 Å². The van der Waals surface area contributed by atoms with E-state index in [2.05, 4.69) is 19.7 Å². The standard InChI is InChI=1S/C17H31N5O2S/c1-14(2)25(23,24)22-11-7-15(8-12-22)17-19-18-16(20(17)3)13-21-9-5-4-6-10-21/h14-15H,4-13H2,1-3H3. The van der Waals surface area contributed by atoms with Gasteiger partial charge in [-0.25, -0.2) is 12.7 Å². The van der Waals surface area contributed by atoms with Crippen LogP contribution in [0.1, 0.15) is 63.5 Å². The quantitative estimate of drug-likeness (QED) is 0.790. The second-order valence-electron chi connectivity index (χ2n) is 7.64. The molecule has 0 unspecified atom stereocenters. The van der Waals surface area contributed by atoms with Crippen LogP contribution in [0.2, 0.25) is 0 Å². The van der Waals surface area contributed by atoms with Crippen LogP contribution in [-0.2, 0) is 23.6 Å². The number of sulfonamides is 1. The first-order valence-electron chi connectivity index (χ1n) is 9.49. The molecule has 1 aromatic rings. The number of likely N-dealkylation sites (tertiary alicyclic amines) is 1. The van der Waals surface area contributed by atoms with Gasteiger partial charge in [0.25, 0.3) is 0 Å². The van der Waals surface area contributed by atoms with Gasteiger partial charge in [-0.15, -0.1) is 10.2 Å². The molecule has 0 spiro atoms. The van der Waals surface area contributed by atoms with Crippen LogP contribution in [0, 0.1) is 0 Å². The third-order valence-corrected chi connectivity index (χ3v) is 7.86. The summed E-state index contributed by atoms with van der Waals surface area (Å²) in [6.07, 6.45) is 5.52. The Bertz CT molecular complexity index is 671. The second kappa shape index (κ2) is 7.72. The van der Waals surface area contributed by atoms with Crippen molar-refractivity contribution in [3.63, 3.8) is 0 Å². The average molecular weight is 370 g/mol. The van der Waals surface area contributed by atoms with E-state index in [4.69, 9.17) is 0 Å². The Kier molecular flexibility index (Phi) is 5.80. The lowest BCUT2D eigenvalue weighted by Gasteiger charge is -2.32. The SMILES string of the molecule is CC(C)S(=O)(=O)N1CCC(c2nnc(CN3CCCCC3)n2C)CC1. The zero-order valence-electron chi connectivity index (χ0n) is 15.7. The molecule has 0 bridgehead atoms. The highest BCUT2D eigenvalue weighted by Gasteiger charge is 2.32. The summed E-state index contributed by atoms with van der Waals surface area (Å²) in [6.45, 7) is 7.82. The fraction of sp³-hybridized carbons (Fsp3) is 0.882. The normalized spacial score (nSPS) is 21.9. The lowest BCUT2D eigenvalue weighted by atomic mass is 9.97. The Balaban J connectivity index is 1.62. The fourth-order valence-electron chi connectivity index (χ4n) is 3.85. The van der Waals surface area contributed by atoms with E-state index in [0.29, 0.717) is 19.0 Å². The predicted molar refractivity (Wildman–Crippen MR) is 97.7 cm³/mol. The van der Waals surface area contributed by atoms with Crippen LogP contribution in [-0.4, -0.2) is 63.8 Å². The highest BCUT2D eigenvalue weighted by atomic mass is 32.2. The van der Waals surface area contributed by atoms with Crippen molar-refractivity contribution in [3.05, 3.63) is 11.6 Å².